The molecule has 0 amide bonds. The van der Waals surface area contributed by atoms with Crippen molar-refractivity contribution >= 4 is 0 Å². The van der Waals surface area contributed by atoms with Crippen LogP contribution in [0, 0.1) is 0 Å². The maximum Gasteiger partial charge on any atom is 0.119 e. The Balaban J connectivity index is 1.54. The summed E-state index contributed by atoms with van der Waals surface area (Å²) in [5.41, 5.74) is 4.52. The number of hydrogen-bond donors (Lipinski definition) is 2. The summed E-state index contributed by atoms with van der Waals surface area (Å²) < 4.78 is 0. The minimum atomic E-state index is 0.377. The Bertz CT molecular complexity index is 1030. The van der Waals surface area contributed by atoms with E-state index < -0.39 is 0 Å². The quantitative estimate of drug-likeness (QED) is 0.0664. The molecule has 0 heterocycles. The van der Waals surface area contributed by atoms with Crippen molar-refractivity contribution in [2.75, 3.05) is 0 Å². The third-order valence-corrected chi connectivity index (χ3v) is 12.4. The first-order chi connectivity index (χ1) is 27.2. The van der Waals surface area contributed by atoms with E-state index in [4.69, 9.17) is 0 Å². The lowest BCUT2D eigenvalue weighted by Gasteiger charge is -2.16. The molecule has 0 bridgehead atoms. The Labute approximate surface area is 343 Å². The summed E-state index contributed by atoms with van der Waals surface area (Å²) >= 11 is 0. The van der Waals surface area contributed by atoms with E-state index in [9.17, 15) is 10.2 Å². The van der Waals surface area contributed by atoms with Gasteiger partial charge in [0.1, 0.15) is 11.5 Å². The Morgan fingerprint density at radius 3 is 0.745 bits per heavy atom. The molecule has 0 radical (unpaired) electrons. The average Bonchev–Trinajstić information content (AvgIpc) is 3.19. The van der Waals surface area contributed by atoms with Crippen molar-refractivity contribution in [2.24, 2.45) is 0 Å². The van der Waals surface area contributed by atoms with Gasteiger partial charge in [0.15, 0.2) is 0 Å². The van der Waals surface area contributed by atoms with Gasteiger partial charge < -0.3 is 10.2 Å². The SMILES string of the molecule is CCCCCCCCCCCCCCCCCCCCc1cccc(O)c1Cc1c(O)cccc1CCCCCCCCCCCCCCCCCCCC. The molecule has 0 aliphatic rings. The van der Waals surface area contributed by atoms with E-state index in [0.717, 1.165) is 24.0 Å². The molecule has 0 atom stereocenters. The van der Waals surface area contributed by atoms with Gasteiger partial charge in [-0.05, 0) is 48.9 Å². The van der Waals surface area contributed by atoms with Gasteiger partial charge in [0.05, 0.1) is 0 Å². The van der Waals surface area contributed by atoms with Crippen molar-refractivity contribution in [1.29, 1.82) is 0 Å². The Hall–Kier alpha value is -1.96. The zero-order valence-corrected chi connectivity index (χ0v) is 36.9. The number of phenolic OH excluding ortho intramolecular Hbond substituents is 2. The third-order valence-electron chi connectivity index (χ3n) is 12.4. The van der Waals surface area contributed by atoms with Crippen LogP contribution in [0.2, 0.25) is 0 Å². The van der Waals surface area contributed by atoms with Gasteiger partial charge in [0, 0.05) is 17.5 Å². The minimum absolute atomic E-state index is 0.377. The molecule has 0 aromatic heterocycles. The Kier molecular flexibility index (Phi) is 32.5. The van der Waals surface area contributed by atoms with E-state index in [1.165, 1.54) is 242 Å². The van der Waals surface area contributed by atoms with Gasteiger partial charge in [-0.25, -0.2) is 0 Å². The van der Waals surface area contributed by atoms with Crippen molar-refractivity contribution < 1.29 is 10.2 Å². The molecule has 0 unspecified atom stereocenters. The molecule has 316 valence electrons. The van der Waals surface area contributed by atoms with Crippen LogP contribution in [0.1, 0.15) is 267 Å². The van der Waals surface area contributed by atoms with Crippen molar-refractivity contribution in [3.8, 4) is 11.5 Å². The van der Waals surface area contributed by atoms with Crippen LogP contribution < -0.4 is 0 Å². The smallest absolute Gasteiger partial charge is 0.119 e. The van der Waals surface area contributed by atoms with Crippen LogP contribution in [-0.4, -0.2) is 10.2 Å². The second kappa shape index (κ2) is 36.4. The second-order valence-electron chi connectivity index (χ2n) is 17.5. The van der Waals surface area contributed by atoms with Crippen molar-refractivity contribution in [1.82, 2.24) is 0 Å². The van der Waals surface area contributed by atoms with E-state index in [2.05, 4.69) is 26.0 Å². The molecule has 0 saturated carbocycles. The van der Waals surface area contributed by atoms with Crippen LogP contribution in [0.5, 0.6) is 11.5 Å². The lowest BCUT2D eigenvalue weighted by Crippen LogP contribution is -2.01. The minimum Gasteiger partial charge on any atom is -0.508 e. The maximum absolute atomic E-state index is 10.9. The number of benzene rings is 2. The molecule has 55 heavy (non-hydrogen) atoms. The zero-order chi connectivity index (χ0) is 39.3. The highest BCUT2D eigenvalue weighted by atomic mass is 16.3. The summed E-state index contributed by atoms with van der Waals surface area (Å²) in [5, 5.41) is 21.9. The molecular formula is C53H92O2. The van der Waals surface area contributed by atoms with Crippen molar-refractivity contribution in [3.05, 3.63) is 58.7 Å². The van der Waals surface area contributed by atoms with Gasteiger partial charge in [0.2, 0.25) is 0 Å². The van der Waals surface area contributed by atoms with Gasteiger partial charge in [-0.3, -0.25) is 0 Å². The molecule has 0 saturated heterocycles. The Morgan fingerprint density at radius 1 is 0.291 bits per heavy atom. The van der Waals surface area contributed by atoms with Gasteiger partial charge in [0.25, 0.3) is 0 Å². The first-order valence-electron chi connectivity index (χ1n) is 24.8. The number of unbranched alkanes of at least 4 members (excludes halogenated alkanes) is 34. The van der Waals surface area contributed by atoms with Gasteiger partial charge >= 0.3 is 0 Å². The highest BCUT2D eigenvalue weighted by Gasteiger charge is 2.14. The monoisotopic (exact) mass is 761 g/mol. The summed E-state index contributed by atoms with van der Waals surface area (Å²) in [6.07, 6.45) is 52.7. The first-order valence-corrected chi connectivity index (χ1v) is 24.8. The lowest BCUT2D eigenvalue weighted by atomic mass is 9.91. The second-order valence-corrected chi connectivity index (χ2v) is 17.5. The van der Waals surface area contributed by atoms with E-state index >= 15 is 0 Å². The molecule has 2 heteroatoms. The number of aryl methyl sites for hydroxylation is 2. The Morgan fingerprint density at radius 2 is 0.509 bits per heavy atom. The van der Waals surface area contributed by atoms with Crippen LogP contribution in [0.25, 0.3) is 0 Å². The van der Waals surface area contributed by atoms with Crippen LogP contribution in [0.15, 0.2) is 36.4 Å². The predicted molar refractivity (Wildman–Crippen MR) is 244 cm³/mol. The topological polar surface area (TPSA) is 40.5 Å². The molecule has 0 aliphatic heterocycles. The van der Waals surface area contributed by atoms with Crippen LogP contribution in [-0.2, 0) is 19.3 Å². The lowest BCUT2D eigenvalue weighted by molar-refractivity contribution is 0.460. The molecule has 2 aromatic carbocycles. The molecule has 0 fully saturated rings. The fraction of sp³-hybridized carbons (Fsp3) is 0.774. The fourth-order valence-corrected chi connectivity index (χ4v) is 8.73. The van der Waals surface area contributed by atoms with Crippen molar-refractivity contribution in [2.45, 2.75) is 264 Å². The molecule has 0 spiro atoms. The van der Waals surface area contributed by atoms with E-state index in [-0.39, 0.29) is 0 Å². The number of rotatable bonds is 40. The predicted octanol–water partition coefficient (Wildman–Crippen LogP) is 17.9. The summed E-state index contributed by atoms with van der Waals surface area (Å²) in [6.45, 7) is 4.60. The standard InChI is InChI=1S/C53H92O2/c1-3-5-7-9-11-13-15-17-19-21-23-25-27-29-31-33-35-37-41-48-43-39-45-52(54)50(48)47-51-49(44-40-46-53(51)55)42-38-36-34-32-30-28-26-24-22-20-18-16-14-12-10-8-6-4-2/h39-40,43-46,54-55H,3-38,41-42,47H2,1-2H3. The largest absolute Gasteiger partial charge is 0.508 e. The summed E-state index contributed by atoms with van der Waals surface area (Å²) in [5.74, 6) is 0.754. The molecular weight excluding hydrogens is 669 g/mol. The van der Waals surface area contributed by atoms with Crippen molar-refractivity contribution in [3.63, 3.8) is 0 Å². The van der Waals surface area contributed by atoms with Crippen LogP contribution >= 0.6 is 0 Å². The average molecular weight is 761 g/mol. The third kappa shape index (κ3) is 26.6. The normalized spacial score (nSPS) is 11.5. The van der Waals surface area contributed by atoms with E-state index in [1.807, 2.05) is 24.3 Å². The molecule has 2 nitrogen and oxygen atoms in total. The number of aromatic hydroxyl groups is 2. The highest BCUT2D eigenvalue weighted by Crippen LogP contribution is 2.32. The molecule has 2 rings (SSSR count). The molecule has 2 aromatic rings. The molecule has 0 aliphatic carbocycles. The fourth-order valence-electron chi connectivity index (χ4n) is 8.73. The van der Waals surface area contributed by atoms with Gasteiger partial charge in [-0.15, -0.1) is 0 Å². The van der Waals surface area contributed by atoms with E-state index in [1.54, 1.807) is 0 Å². The maximum atomic E-state index is 10.9. The number of hydrogen-bond acceptors (Lipinski definition) is 2. The van der Waals surface area contributed by atoms with Crippen LogP contribution in [0.3, 0.4) is 0 Å². The number of phenols is 2. The summed E-state index contributed by atoms with van der Waals surface area (Å²) in [4.78, 5) is 0. The highest BCUT2D eigenvalue weighted by molar-refractivity contribution is 5.48. The van der Waals surface area contributed by atoms with Gasteiger partial charge in [-0.2, -0.15) is 0 Å². The summed E-state index contributed by atoms with van der Waals surface area (Å²) in [6, 6.07) is 12.0. The zero-order valence-electron chi connectivity index (χ0n) is 36.9. The van der Waals surface area contributed by atoms with Crippen LogP contribution in [0.4, 0.5) is 0 Å². The first kappa shape index (κ1) is 49.2. The van der Waals surface area contributed by atoms with E-state index in [0.29, 0.717) is 17.9 Å². The van der Waals surface area contributed by atoms with Gasteiger partial charge in [-0.1, -0.05) is 256 Å². The summed E-state index contributed by atoms with van der Waals surface area (Å²) in [7, 11) is 0. The molecule has 2 N–H and O–H groups in total.